The Labute approximate surface area is 53.8 Å². The fourth-order valence-corrected chi connectivity index (χ4v) is 0. The van der Waals surface area contributed by atoms with E-state index in [1.54, 1.807) is 0 Å². The van der Waals surface area contributed by atoms with Gasteiger partial charge in [-0.15, -0.1) is 17.0 Å². The predicted molar refractivity (Wildman–Crippen MR) is 25.4 cm³/mol. The number of hydrogen-bond acceptors (Lipinski definition) is 0. The van der Waals surface area contributed by atoms with Crippen molar-refractivity contribution in [2.75, 3.05) is 0 Å². The zero-order chi connectivity index (χ0) is 3.58. The van der Waals surface area contributed by atoms with Gasteiger partial charge in [-0.2, -0.15) is 0 Å². The van der Waals surface area contributed by atoms with Gasteiger partial charge in [0, 0.05) is 0 Å². The average Bonchev–Trinajstić information content (AvgIpc) is 0.811. The monoisotopic (exact) mass is 187 g/mol. The van der Waals surface area contributed by atoms with Crippen LogP contribution in [0.15, 0.2) is 0 Å². The molecule has 0 spiro atoms. The summed E-state index contributed by atoms with van der Waals surface area (Å²) in [4.78, 5) is 0. The van der Waals surface area contributed by atoms with E-state index in [4.69, 9.17) is 0 Å². The summed E-state index contributed by atoms with van der Waals surface area (Å²) >= 11 is 1.43. The van der Waals surface area contributed by atoms with Gasteiger partial charge in [-0.25, -0.2) is 0 Å². The van der Waals surface area contributed by atoms with Crippen LogP contribution in [0.5, 0.6) is 0 Å². The van der Waals surface area contributed by atoms with Crippen LogP contribution in [0.1, 0.15) is 13.8 Å². The van der Waals surface area contributed by atoms with Crippen molar-refractivity contribution in [2.24, 2.45) is 0 Å². The second-order valence-corrected chi connectivity index (χ2v) is 4.82. The fourth-order valence-electron chi connectivity index (χ4n) is 0. The van der Waals surface area contributed by atoms with Crippen molar-refractivity contribution in [1.29, 1.82) is 0 Å². The first-order chi connectivity index (χ1) is 1.73. The summed E-state index contributed by atoms with van der Waals surface area (Å²) in [6.07, 6.45) is 0. The van der Waals surface area contributed by atoms with E-state index in [1.807, 2.05) is 0 Å². The zero-order valence-electron chi connectivity index (χ0n) is 3.69. The zero-order valence-corrected chi connectivity index (χ0v) is 8.37. The van der Waals surface area contributed by atoms with Crippen molar-refractivity contribution in [2.45, 2.75) is 18.4 Å². The summed E-state index contributed by atoms with van der Waals surface area (Å²) in [5.41, 5.74) is 0. The van der Waals surface area contributed by atoms with Gasteiger partial charge in [0.25, 0.3) is 0 Å². The van der Waals surface area contributed by atoms with Gasteiger partial charge in [0.05, 0.1) is 0 Å². The summed E-state index contributed by atoms with van der Waals surface area (Å²) in [6.45, 7) is 4.44. The molecule has 0 bridgehead atoms. The van der Waals surface area contributed by atoms with Crippen LogP contribution in [0, 0.1) is 0 Å². The number of hydrogen-bond donors (Lipinski definition) is 0. The van der Waals surface area contributed by atoms with E-state index in [2.05, 4.69) is 13.8 Å². The molecule has 0 aromatic carbocycles. The van der Waals surface area contributed by atoms with Gasteiger partial charge in [0.1, 0.15) is 0 Å². The molecular formula is C3H8BrZn. The number of halogens is 1. The molecule has 0 radical (unpaired) electrons. The minimum atomic E-state index is 0. The molecule has 29 valence electrons. The molecule has 0 fully saturated rings. The molecule has 0 aromatic heterocycles. The summed E-state index contributed by atoms with van der Waals surface area (Å²) in [5.74, 6) is 0. The van der Waals surface area contributed by atoms with E-state index in [0.717, 1.165) is 4.51 Å². The van der Waals surface area contributed by atoms with Crippen molar-refractivity contribution in [1.82, 2.24) is 0 Å². The molecule has 0 rings (SSSR count). The van der Waals surface area contributed by atoms with Crippen LogP contribution in [0.4, 0.5) is 0 Å². The third-order valence-electron chi connectivity index (χ3n) is 0. The molecular weight excluding hydrogens is 181 g/mol. The Morgan fingerprint density at radius 1 is 1.40 bits per heavy atom. The second kappa shape index (κ2) is 5.10. The van der Waals surface area contributed by atoms with Crippen molar-refractivity contribution in [3.8, 4) is 0 Å². The molecule has 0 nitrogen and oxygen atoms in total. The third kappa shape index (κ3) is 40.4. The Kier molecular flexibility index (Phi) is 9.64. The summed E-state index contributed by atoms with van der Waals surface area (Å²) in [5, 5.41) is 0. The van der Waals surface area contributed by atoms with E-state index in [9.17, 15) is 0 Å². The summed E-state index contributed by atoms with van der Waals surface area (Å²) < 4.78 is 0.958. The van der Waals surface area contributed by atoms with Gasteiger partial charge in [0.15, 0.2) is 0 Å². The van der Waals surface area contributed by atoms with Crippen LogP contribution in [0.25, 0.3) is 0 Å². The molecule has 0 aliphatic rings. The SMILES string of the molecule is Br.C[CH](C)[Zn]. The predicted octanol–water partition coefficient (Wildman–Crippen LogP) is 1.94. The molecule has 0 aromatic rings. The average molecular weight is 189 g/mol. The molecule has 0 atom stereocenters. The van der Waals surface area contributed by atoms with Gasteiger partial charge in [-0.3, -0.25) is 0 Å². The van der Waals surface area contributed by atoms with E-state index in [-0.39, 0.29) is 17.0 Å². The molecule has 5 heavy (non-hydrogen) atoms. The second-order valence-electron chi connectivity index (χ2n) is 1.39. The normalized spacial score (nSPS) is 7.40. The third-order valence-corrected chi connectivity index (χ3v) is 0. The van der Waals surface area contributed by atoms with Crippen LogP contribution in [-0.2, 0) is 18.3 Å². The fraction of sp³-hybridized carbons (Fsp3) is 1.00. The molecule has 0 aliphatic heterocycles. The van der Waals surface area contributed by atoms with Crippen molar-refractivity contribution >= 4 is 17.0 Å². The van der Waals surface area contributed by atoms with E-state index < -0.39 is 0 Å². The Bertz CT molecular complexity index is 11.6. The Morgan fingerprint density at radius 2 is 1.40 bits per heavy atom. The quantitative estimate of drug-likeness (QED) is 0.511. The van der Waals surface area contributed by atoms with Gasteiger partial charge >= 0.3 is 36.7 Å². The summed E-state index contributed by atoms with van der Waals surface area (Å²) in [7, 11) is 0. The van der Waals surface area contributed by atoms with Gasteiger partial charge < -0.3 is 0 Å². The minimum absolute atomic E-state index is 0. The van der Waals surface area contributed by atoms with Gasteiger partial charge in [-0.05, 0) is 0 Å². The molecule has 0 saturated carbocycles. The Balaban J connectivity index is 0. The first-order valence-corrected chi connectivity index (χ1v) is 3.28. The first kappa shape index (κ1) is 9.44. The first-order valence-electron chi connectivity index (χ1n) is 1.56. The van der Waals surface area contributed by atoms with Crippen LogP contribution >= 0.6 is 17.0 Å². The standard InChI is InChI=1S/C3H7.BrH.Zn/c1-3-2;;/h3H,1-2H3;1H;. The van der Waals surface area contributed by atoms with Crippen LogP contribution in [-0.4, -0.2) is 0 Å². The maximum atomic E-state index is 2.22. The maximum absolute atomic E-state index is 2.22. The molecule has 0 aliphatic carbocycles. The molecule has 0 N–H and O–H groups in total. The Hall–Kier alpha value is 1.10. The van der Waals surface area contributed by atoms with Crippen molar-refractivity contribution < 1.29 is 18.3 Å². The molecule has 0 saturated heterocycles. The van der Waals surface area contributed by atoms with Crippen molar-refractivity contribution in [3.63, 3.8) is 0 Å². The Morgan fingerprint density at radius 3 is 1.40 bits per heavy atom. The molecule has 0 amide bonds. The van der Waals surface area contributed by atoms with Crippen molar-refractivity contribution in [3.05, 3.63) is 0 Å². The molecule has 0 heterocycles. The van der Waals surface area contributed by atoms with E-state index in [1.165, 1.54) is 18.3 Å². The van der Waals surface area contributed by atoms with Gasteiger partial charge in [-0.1, -0.05) is 0 Å². The summed E-state index contributed by atoms with van der Waals surface area (Å²) in [6, 6.07) is 0. The van der Waals surface area contributed by atoms with Crippen LogP contribution in [0.2, 0.25) is 4.51 Å². The number of rotatable bonds is 0. The van der Waals surface area contributed by atoms with E-state index in [0.29, 0.717) is 0 Å². The molecule has 2 heteroatoms. The van der Waals surface area contributed by atoms with Gasteiger partial charge in [0.2, 0.25) is 0 Å². The van der Waals surface area contributed by atoms with Crippen LogP contribution < -0.4 is 0 Å². The van der Waals surface area contributed by atoms with Crippen LogP contribution in [0.3, 0.4) is 0 Å². The molecule has 0 unspecified atom stereocenters. The van der Waals surface area contributed by atoms with E-state index >= 15 is 0 Å². The topological polar surface area (TPSA) is 0 Å².